The van der Waals surface area contributed by atoms with E-state index in [0.29, 0.717) is 12.3 Å². The van der Waals surface area contributed by atoms with Gasteiger partial charge >= 0.3 is 0 Å². The number of aromatic hydroxyl groups is 1. The van der Waals surface area contributed by atoms with Crippen molar-refractivity contribution in [1.82, 2.24) is 0 Å². The van der Waals surface area contributed by atoms with Crippen LogP contribution in [0.15, 0.2) is 18.2 Å². The maximum atomic E-state index is 9.40. The number of phenolic OH excluding ortho intramolecular Hbond substituents is 1. The van der Waals surface area contributed by atoms with Crippen LogP contribution >= 0.6 is 0 Å². The van der Waals surface area contributed by atoms with Gasteiger partial charge < -0.3 is 10.8 Å². The number of benzene rings is 1. The molecule has 1 rings (SSSR count). The Hall–Kier alpha value is -1.28. The Morgan fingerprint density at radius 3 is 2.62 bits per heavy atom. The van der Waals surface area contributed by atoms with Gasteiger partial charge in [0.2, 0.25) is 0 Å². The van der Waals surface area contributed by atoms with E-state index in [1.165, 1.54) is 0 Å². The SMILES string of the molecule is Cc1c(O)ccc(/C=C/CN)c1C. The number of rotatable bonds is 2. The molecule has 0 atom stereocenters. The fourth-order valence-electron chi connectivity index (χ4n) is 1.20. The van der Waals surface area contributed by atoms with Crippen LogP contribution in [0.25, 0.3) is 6.08 Å². The van der Waals surface area contributed by atoms with Crippen LogP contribution < -0.4 is 5.73 Å². The van der Waals surface area contributed by atoms with Crippen LogP contribution in [0.4, 0.5) is 0 Å². The van der Waals surface area contributed by atoms with Gasteiger partial charge in [-0.05, 0) is 36.6 Å². The lowest BCUT2D eigenvalue weighted by atomic mass is 10.0. The fourth-order valence-corrected chi connectivity index (χ4v) is 1.20. The molecular weight excluding hydrogens is 162 g/mol. The van der Waals surface area contributed by atoms with Gasteiger partial charge in [-0.15, -0.1) is 0 Å². The second-order valence-electron chi connectivity index (χ2n) is 3.06. The standard InChI is InChI=1S/C11H15NO/c1-8-9(2)11(13)6-5-10(8)4-3-7-12/h3-6,13H,7,12H2,1-2H3/b4-3+. The summed E-state index contributed by atoms with van der Waals surface area (Å²) in [5.74, 6) is 0.349. The highest BCUT2D eigenvalue weighted by atomic mass is 16.3. The fraction of sp³-hybridized carbons (Fsp3) is 0.273. The third kappa shape index (κ3) is 2.10. The van der Waals surface area contributed by atoms with Gasteiger partial charge in [0.15, 0.2) is 0 Å². The Morgan fingerprint density at radius 2 is 2.00 bits per heavy atom. The molecular formula is C11H15NO. The summed E-state index contributed by atoms with van der Waals surface area (Å²) >= 11 is 0. The summed E-state index contributed by atoms with van der Waals surface area (Å²) in [6, 6.07) is 3.60. The van der Waals surface area contributed by atoms with Gasteiger partial charge in [0, 0.05) is 6.54 Å². The summed E-state index contributed by atoms with van der Waals surface area (Å²) in [6.07, 6.45) is 3.88. The van der Waals surface area contributed by atoms with Gasteiger partial charge in [-0.3, -0.25) is 0 Å². The van der Waals surface area contributed by atoms with E-state index in [2.05, 4.69) is 0 Å². The summed E-state index contributed by atoms with van der Waals surface area (Å²) in [5, 5.41) is 9.40. The quantitative estimate of drug-likeness (QED) is 0.725. The molecule has 0 aliphatic heterocycles. The molecule has 0 bridgehead atoms. The van der Waals surface area contributed by atoms with E-state index in [1.54, 1.807) is 6.07 Å². The molecule has 2 heteroatoms. The van der Waals surface area contributed by atoms with Gasteiger partial charge in [-0.1, -0.05) is 18.2 Å². The van der Waals surface area contributed by atoms with Crippen molar-refractivity contribution in [2.24, 2.45) is 5.73 Å². The van der Waals surface area contributed by atoms with E-state index in [-0.39, 0.29) is 0 Å². The predicted octanol–water partition coefficient (Wildman–Crippen LogP) is 1.98. The van der Waals surface area contributed by atoms with Crippen LogP contribution in [0, 0.1) is 13.8 Å². The molecule has 70 valence electrons. The molecule has 13 heavy (non-hydrogen) atoms. The molecule has 0 heterocycles. The minimum absolute atomic E-state index is 0.349. The predicted molar refractivity (Wildman–Crippen MR) is 55.7 cm³/mol. The lowest BCUT2D eigenvalue weighted by molar-refractivity contribution is 0.470. The molecule has 0 aliphatic carbocycles. The molecule has 1 aromatic rings. The van der Waals surface area contributed by atoms with Crippen LogP contribution in [0.2, 0.25) is 0 Å². The number of phenols is 1. The molecule has 1 aromatic carbocycles. The smallest absolute Gasteiger partial charge is 0.118 e. The molecule has 0 amide bonds. The third-order valence-corrected chi connectivity index (χ3v) is 2.23. The highest BCUT2D eigenvalue weighted by molar-refractivity contribution is 5.58. The first kappa shape index (κ1) is 9.81. The third-order valence-electron chi connectivity index (χ3n) is 2.23. The van der Waals surface area contributed by atoms with Crippen molar-refractivity contribution >= 4 is 6.08 Å². The first-order valence-corrected chi connectivity index (χ1v) is 4.32. The Kier molecular flexibility index (Phi) is 3.09. The Bertz CT molecular complexity index is 329. The lowest BCUT2D eigenvalue weighted by Gasteiger charge is -2.06. The maximum absolute atomic E-state index is 9.40. The number of hydrogen-bond donors (Lipinski definition) is 2. The minimum atomic E-state index is 0.349. The summed E-state index contributed by atoms with van der Waals surface area (Å²) < 4.78 is 0. The van der Waals surface area contributed by atoms with Gasteiger partial charge in [-0.2, -0.15) is 0 Å². The Balaban J connectivity index is 3.11. The Labute approximate surface area is 78.7 Å². The molecule has 0 radical (unpaired) electrons. The summed E-state index contributed by atoms with van der Waals surface area (Å²) in [4.78, 5) is 0. The summed E-state index contributed by atoms with van der Waals surface area (Å²) in [5.41, 5.74) is 8.50. The zero-order valence-electron chi connectivity index (χ0n) is 8.04. The second kappa shape index (κ2) is 4.10. The highest BCUT2D eigenvalue weighted by Crippen LogP contribution is 2.23. The number of hydrogen-bond acceptors (Lipinski definition) is 2. The molecule has 0 unspecified atom stereocenters. The van der Waals surface area contributed by atoms with E-state index in [0.717, 1.165) is 16.7 Å². The topological polar surface area (TPSA) is 46.2 Å². The van der Waals surface area contributed by atoms with Crippen molar-refractivity contribution in [3.8, 4) is 5.75 Å². The number of nitrogens with two attached hydrogens (primary N) is 1. The summed E-state index contributed by atoms with van der Waals surface area (Å²) in [6.45, 7) is 4.44. The van der Waals surface area contributed by atoms with Crippen molar-refractivity contribution < 1.29 is 5.11 Å². The molecule has 3 N–H and O–H groups in total. The molecule has 0 aromatic heterocycles. The molecule has 0 spiro atoms. The van der Waals surface area contributed by atoms with Crippen molar-refractivity contribution in [1.29, 1.82) is 0 Å². The average molecular weight is 177 g/mol. The van der Waals surface area contributed by atoms with Gasteiger partial charge in [0.05, 0.1) is 0 Å². The van der Waals surface area contributed by atoms with E-state index < -0.39 is 0 Å². The van der Waals surface area contributed by atoms with Crippen LogP contribution in [0.5, 0.6) is 5.75 Å². The van der Waals surface area contributed by atoms with Crippen LogP contribution in [-0.4, -0.2) is 11.7 Å². The molecule has 0 fully saturated rings. The van der Waals surface area contributed by atoms with Crippen molar-refractivity contribution in [2.75, 3.05) is 6.54 Å². The zero-order valence-corrected chi connectivity index (χ0v) is 8.04. The first-order valence-electron chi connectivity index (χ1n) is 4.32. The van der Waals surface area contributed by atoms with Crippen molar-refractivity contribution in [2.45, 2.75) is 13.8 Å². The van der Waals surface area contributed by atoms with Crippen LogP contribution in [0.3, 0.4) is 0 Å². The van der Waals surface area contributed by atoms with Gasteiger partial charge in [-0.25, -0.2) is 0 Å². The normalized spacial score (nSPS) is 11.0. The van der Waals surface area contributed by atoms with E-state index >= 15 is 0 Å². The highest BCUT2D eigenvalue weighted by Gasteiger charge is 2.01. The van der Waals surface area contributed by atoms with Gasteiger partial charge in [0.25, 0.3) is 0 Å². The van der Waals surface area contributed by atoms with Crippen LogP contribution in [-0.2, 0) is 0 Å². The minimum Gasteiger partial charge on any atom is -0.508 e. The van der Waals surface area contributed by atoms with E-state index in [4.69, 9.17) is 5.73 Å². The first-order chi connectivity index (χ1) is 6.16. The Morgan fingerprint density at radius 1 is 1.31 bits per heavy atom. The largest absolute Gasteiger partial charge is 0.508 e. The molecule has 0 saturated heterocycles. The monoisotopic (exact) mass is 177 g/mol. The molecule has 2 nitrogen and oxygen atoms in total. The summed E-state index contributed by atoms with van der Waals surface area (Å²) in [7, 11) is 0. The molecule has 0 saturated carbocycles. The van der Waals surface area contributed by atoms with E-state index in [1.807, 2.05) is 32.1 Å². The van der Waals surface area contributed by atoms with Crippen molar-refractivity contribution in [3.63, 3.8) is 0 Å². The zero-order chi connectivity index (χ0) is 9.84. The lowest BCUT2D eigenvalue weighted by Crippen LogP contribution is -1.93. The molecule has 0 aliphatic rings. The maximum Gasteiger partial charge on any atom is 0.118 e. The van der Waals surface area contributed by atoms with Crippen LogP contribution in [0.1, 0.15) is 16.7 Å². The van der Waals surface area contributed by atoms with E-state index in [9.17, 15) is 5.11 Å². The average Bonchev–Trinajstić information content (AvgIpc) is 2.13. The van der Waals surface area contributed by atoms with Gasteiger partial charge in [0.1, 0.15) is 5.75 Å². The second-order valence-corrected chi connectivity index (χ2v) is 3.06. The van der Waals surface area contributed by atoms with Crippen molar-refractivity contribution in [3.05, 3.63) is 34.9 Å².